The lowest BCUT2D eigenvalue weighted by Gasteiger charge is -2.24. The van der Waals surface area contributed by atoms with Gasteiger partial charge in [-0.1, -0.05) is 192 Å². The van der Waals surface area contributed by atoms with Gasteiger partial charge in [0.15, 0.2) is 0 Å². The summed E-state index contributed by atoms with van der Waals surface area (Å²) in [5.41, 5.74) is 0. The van der Waals surface area contributed by atoms with Crippen LogP contribution in [0.25, 0.3) is 0 Å². The molecule has 50 heavy (non-hydrogen) atoms. The zero-order valence-electron chi connectivity index (χ0n) is 32.6. The summed E-state index contributed by atoms with van der Waals surface area (Å²) in [6, 6.07) is -1.15. The lowest BCUT2D eigenvalue weighted by Crippen LogP contribution is -2.50. The summed E-state index contributed by atoms with van der Waals surface area (Å²) >= 11 is 0. The van der Waals surface area contributed by atoms with Crippen molar-refractivity contribution in [3.8, 4) is 0 Å². The molecule has 0 aromatic heterocycles. The van der Waals surface area contributed by atoms with Crippen molar-refractivity contribution in [1.82, 2.24) is 5.32 Å². The SMILES string of the molecule is CCCCCCCCCCC/C=C\C/C=C\CCCCCCCCC(O)C(=O)NC(CS(=O)(=O)O)C(O)CCCCCCCCCCCCC. The molecule has 0 rings (SSSR count). The highest BCUT2D eigenvalue weighted by atomic mass is 32.2. The second-order valence-electron chi connectivity index (χ2n) is 14.8. The number of amides is 1. The zero-order valence-corrected chi connectivity index (χ0v) is 33.5. The molecule has 0 aliphatic carbocycles. The van der Waals surface area contributed by atoms with E-state index in [2.05, 4.69) is 43.5 Å². The quantitative estimate of drug-likeness (QED) is 0.0285. The molecule has 3 unspecified atom stereocenters. The summed E-state index contributed by atoms with van der Waals surface area (Å²) in [6.45, 7) is 4.49. The van der Waals surface area contributed by atoms with E-state index in [-0.39, 0.29) is 6.42 Å². The van der Waals surface area contributed by atoms with Gasteiger partial charge >= 0.3 is 0 Å². The van der Waals surface area contributed by atoms with Gasteiger partial charge in [-0.2, -0.15) is 8.42 Å². The van der Waals surface area contributed by atoms with E-state index in [9.17, 15) is 28.0 Å². The molecule has 0 bridgehead atoms. The van der Waals surface area contributed by atoms with Crippen LogP contribution in [0.4, 0.5) is 0 Å². The number of carbonyl (C=O) groups excluding carboxylic acids is 1. The second kappa shape index (κ2) is 36.2. The van der Waals surface area contributed by atoms with Gasteiger partial charge in [-0.05, 0) is 44.9 Å². The van der Waals surface area contributed by atoms with Crippen LogP contribution in [-0.2, 0) is 14.9 Å². The summed E-state index contributed by atoms with van der Waals surface area (Å²) in [5, 5.41) is 23.5. The normalized spacial score (nSPS) is 14.1. The van der Waals surface area contributed by atoms with Crippen molar-refractivity contribution in [1.29, 1.82) is 0 Å². The summed E-state index contributed by atoms with van der Waals surface area (Å²) in [6.07, 6.45) is 42.0. The maximum atomic E-state index is 12.6. The number of rotatable bonds is 38. The van der Waals surface area contributed by atoms with Crippen LogP contribution >= 0.6 is 0 Å². The molecule has 0 aromatic carbocycles. The van der Waals surface area contributed by atoms with Crippen molar-refractivity contribution in [3.63, 3.8) is 0 Å². The number of hydrogen-bond acceptors (Lipinski definition) is 5. The Morgan fingerprint density at radius 3 is 1.30 bits per heavy atom. The van der Waals surface area contributed by atoms with E-state index >= 15 is 0 Å². The van der Waals surface area contributed by atoms with Crippen LogP contribution in [0.3, 0.4) is 0 Å². The van der Waals surface area contributed by atoms with E-state index < -0.39 is 40.0 Å². The summed E-state index contributed by atoms with van der Waals surface area (Å²) in [4.78, 5) is 12.6. The maximum absolute atomic E-state index is 12.6. The Labute approximate surface area is 309 Å². The molecule has 0 spiro atoms. The number of aliphatic hydroxyl groups is 2. The van der Waals surface area contributed by atoms with Crippen LogP contribution in [0.5, 0.6) is 0 Å². The van der Waals surface area contributed by atoms with Gasteiger partial charge in [-0.3, -0.25) is 9.35 Å². The average Bonchev–Trinajstić information content (AvgIpc) is 3.08. The van der Waals surface area contributed by atoms with Crippen LogP contribution in [0, 0.1) is 0 Å². The van der Waals surface area contributed by atoms with E-state index in [0.29, 0.717) is 19.3 Å². The molecule has 0 aliphatic heterocycles. The van der Waals surface area contributed by atoms with Gasteiger partial charge < -0.3 is 15.5 Å². The summed E-state index contributed by atoms with van der Waals surface area (Å²) in [7, 11) is -4.41. The highest BCUT2D eigenvalue weighted by Crippen LogP contribution is 2.16. The molecule has 0 saturated heterocycles. The fourth-order valence-corrected chi connectivity index (χ4v) is 7.25. The number of unbranched alkanes of at least 4 members (excludes halogenated alkanes) is 25. The minimum atomic E-state index is -4.41. The predicted octanol–water partition coefficient (Wildman–Crippen LogP) is 11.3. The molecular formula is C42H81NO6S. The van der Waals surface area contributed by atoms with Gasteiger partial charge in [-0.15, -0.1) is 0 Å². The molecule has 0 radical (unpaired) electrons. The highest BCUT2D eigenvalue weighted by Gasteiger charge is 2.28. The molecule has 0 fully saturated rings. The molecule has 0 saturated carbocycles. The Kier molecular flexibility index (Phi) is 35.3. The average molecular weight is 728 g/mol. The van der Waals surface area contributed by atoms with Crippen molar-refractivity contribution in [2.75, 3.05) is 5.75 Å². The Morgan fingerprint density at radius 2 is 0.900 bits per heavy atom. The third-order valence-corrected chi connectivity index (χ3v) is 10.5. The van der Waals surface area contributed by atoms with Crippen molar-refractivity contribution >= 4 is 16.0 Å². The fraction of sp³-hybridized carbons (Fsp3) is 0.881. The Balaban J connectivity index is 3.93. The van der Waals surface area contributed by atoms with Crippen molar-refractivity contribution in [3.05, 3.63) is 24.3 Å². The third kappa shape index (κ3) is 35.2. The maximum Gasteiger partial charge on any atom is 0.266 e. The predicted molar refractivity (Wildman–Crippen MR) is 213 cm³/mol. The number of allylic oxidation sites excluding steroid dienone is 4. The van der Waals surface area contributed by atoms with Gasteiger partial charge in [0, 0.05) is 0 Å². The first-order chi connectivity index (χ1) is 24.2. The second-order valence-corrected chi connectivity index (χ2v) is 16.3. The van der Waals surface area contributed by atoms with Gasteiger partial charge in [-0.25, -0.2) is 0 Å². The topological polar surface area (TPSA) is 124 Å². The van der Waals surface area contributed by atoms with Crippen molar-refractivity contribution < 1.29 is 28.0 Å². The van der Waals surface area contributed by atoms with Crippen molar-refractivity contribution in [2.45, 2.75) is 231 Å². The molecular weight excluding hydrogens is 647 g/mol. The van der Waals surface area contributed by atoms with Crippen LogP contribution < -0.4 is 5.32 Å². The number of nitrogens with one attached hydrogen (secondary N) is 1. The first-order valence-corrected chi connectivity index (χ1v) is 22.7. The van der Waals surface area contributed by atoms with Gasteiger partial charge in [0.2, 0.25) is 5.91 Å². The van der Waals surface area contributed by atoms with Crippen molar-refractivity contribution in [2.24, 2.45) is 0 Å². The molecule has 0 heterocycles. The standard InChI is InChI=1S/C42H81NO6S/c1-3-5-7-9-11-13-15-16-17-18-19-20-21-22-23-24-25-27-29-31-33-35-37-41(45)42(46)43-39(38-50(47,48)49)40(44)36-34-32-30-28-26-14-12-10-8-6-4-2/h19-20,22-23,39-41,44-45H,3-18,21,24-38H2,1-2H3,(H,43,46)(H,47,48,49)/b20-19-,23-22-. The minimum Gasteiger partial charge on any atom is -0.391 e. The van der Waals surface area contributed by atoms with Crippen LogP contribution in [0.1, 0.15) is 213 Å². The van der Waals surface area contributed by atoms with E-state index in [1.54, 1.807) is 0 Å². The molecule has 296 valence electrons. The Hall–Kier alpha value is -1.22. The third-order valence-electron chi connectivity index (χ3n) is 9.77. The fourth-order valence-electron chi connectivity index (χ4n) is 6.49. The number of aliphatic hydroxyl groups excluding tert-OH is 2. The minimum absolute atomic E-state index is 0.286. The Morgan fingerprint density at radius 1 is 0.540 bits per heavy atom. The monoisotopic (exact) mass is 728 g/mol. The molecule has 0 aliphatic rings. The van der Waals surface area contributed by atoms with E-state index in [1.165, 1.54) is 116 Å². The summed E-state index contributed by atoms with van der Waals surface area (Å²) < 4.78 is 32.5. The van der Waals surface area contributed by atoms with Crippen LogP contribution in [0.2, 0.25) is 0 Å². The molecule has 1 amide bonds. The van der Waals surface area contributed by atoms with Gasteiger partial charge in [0.25, 0.3) is 10.1 Å². The van der Waals surface area contributed by atoms with Gasteiger partial charge in [0.05, 0.1) is 17.9 Å². The molecule has 3 atom stereocenters. The zero-order chi connectivity index (χ0) is 37.0. The van der Waals surface area contributed by atoms with Gasteiger partial charge in [0.1, 0.15) is 6.10 Å². The first-order valence-electron chi connectivity index (χ1n) is 21.1. The number of carbonyl (C=O) groups is 1. The molecule has 0 aromatic rings. The van der Waals surface area contributed by atoms with E-state index in [0.717, 1.165) is 57.8 Å². The molecule has 4 N–H and O–H groups in total. The smallest absolute Gasteiger partial charge is 0.266 e. The molecule has 8 heteroatoms. The molecule has 7 nitrogen and oxygen atoms in total. The number of hydrogen-bond donors (Lipinski definition) is 4. The highest BCUT2D eigenvalue weighted by molar-refractivity contribution is 7.85. The first kappa shape index (κ1) is 48.8. The van der Waals surface area contributed by atoms with Crippen LogP contribution in [0.15, 0.2) is 24.3 Å². The lowest BCUT2D eigenvalue weighted by atomic mass is 10.0. The summed E-state index contributed by atoms with van der Waals surface area (Å²) in [5.74, 6) is -1.46. The Bertz CT molecular complexity index is 906. The van der Waals surface area contributed by atoms with E-state index in [1.807, 2.05) is 0 Å². The van der Waals surface area contributed by atoms with E-state index in [4.69, 9.17) is 0 Å². The largest absolute Gasteiger partial charge is 0.391 e. The lowest BCUT2D eigenvalue weighted by molar-refractivity contribution is -0.131. The van der Waals surface area contributed by atoms with Crippen LogP contribution in [-0.4, -0.2) is 53.1 Å².